The average molecular weight is 344 g/mol. The number of nitrogens with one attached hydrogen (secondary N) is 1. The smallest absolute Gasteiger partial charge is 0.161 e. The molecule has 0 atom stereocenters. The second kappa shape index (κ2) is 8.21. The van der Waals surface area contributed by atoms with Crippen LogP contribution in [-0.4, -0.2) is 38.3 Å². The van der Waals surface area contributed by atoms with E-state index in [1.165, 1.54) is 11.6 Å². The summed E-state index contributed by atoms with van der Waals surface area (Å²) in [6, 6.07) is 13.1. The molecule has 0 bridgehead atoms. The number of likely N-dealkylation sites (tertiary alicyclic amines) is 1. The molecule has 2 aromatic rings. The zero-order valence-corrected chi connectivity index (χ0v) is 14.8. The van der Waals surface area contributed by atoms with Gasteiger partial charge in [-0.15, -0.1) is 0 Å². The van der Waals surface area contributed by atoms with Gasteiger partial charge in [-0.1, -0.05) is 12.1 Å². The Bertz CT molecular complexity index is 700. The SMILES string of the molecule is COc1ccc(CN2CCC(Nc3cccc(F)c3)CC2)cc1OC. The van der Waals surface area contributed by atoms with Crippen LogP contribution in [0.4, 0.5) is 10.1 Å². The van der Waals surface area contributed by atoms with Crippen molar-refractivity contribution < 1.29 is 13.9 Å². The minimum atomic E-state index is -0.198. The molecule has 3 rings (SSSR count). The fraction of sp³-hybridized carbons (Fsp3) is 0.400. The molecule has 25 heavy (non-hydrogen) atoms. The maximum atomic E-state index is 13.3. The third-order valence-electron chi connectivity index (χ3n) is 4.64. The summed E-state index contributed by atoms with van der Waals surface area (Å²) in [5, 5.41) is 3.44. The van der Waals surface area contributed by atoms with Crippen molar-refractivity contribution in [1.29, 1.82) is 0 Å². The number of nitrogens with zero attached hydrogens (tertiary/aromatic N) is 1. The van der Waals surface area contributed by atoms with Crippen molar-refractivity contribution in [3.63, 3.8) is 0 Å². The average Bonchev–Trinajstić information content (AvgIpc) is 2.63. The van der Waals surface area contributed by atoms with Gasteiger partial charge in [-0.3, -0.25) is 4.90 Å². The van der Waals surface area contributed by atoms with Crippen LogP contribution >= 0.6 is 0 Å². The molecule has 1 aliphatic rings. The van der Waals surface area contributed by atoms with Crippen molar-refractivity contribution in [3.8, 4) is 11.5 Å². The lowest BCUT2D eigenvalue weighted by Gasteiger charge is -2.33. The molecule has 0 unspecified atom stereocenters. The van der Waals surface area contributed by atoms with Crippen LogP contribution in [0.1, 0.15) is 18.4 Å². The monoisotopic (exact) mass is 344 g/mol. The molecular formula is C20H25FN2O2. The van der Waals surface area contributed by atoms with Crippen molar-refractivity contribution in [2.45, 2.75) is 25.4 Å². The number of benzene rings is 2. The molecular weight excluding hydrogens is 319 g/mol. The van der Waals surface area contributed by atoms with Crippen LogP contribution < -0.4 is 14.8 Å². The summed E-state index contributed by atoms with van der Waals surface area (Å²) in [4.78, 5) is 2.44. The van der Waals surface area contributed by atoms with Crippen LogP contribution in [0.25, 0.3) is 0 Å². The first-order valence-electron chi connectivity index (χ1n) is 8.63. The van der Waals surface area contributed by atoms with E-state index in [0.29, 0.717) is 6.04 Å². The Kier molecular flexibility index (Phi) is 5.76. The van der Waals surface area contributed by atoms with Crippen molar-refractivity contribution in [1.82, 2.24) is 4.90 Å². The van der Waals surface area contributed by atoms with E-state index in [1.807, 2.05) is 18.2 Å². The molecule has 5 heteroatoms. The van der Waals surface area contributed by atoms with Gasteiger partial charge >= 0.3 is 0 Å². The minimum absolute atomic E-state index is 0.198. The highest BCUT2D eigenvalue weighted by Gasteiger charge is 2.19. The van der Waals surface area contributed by atoms with Gasteiger partial charge in [0.25, 0.3) is 0 Å². The molecule has 1 N–H and O–H groups in total. The quantitative estimate of drug-likeness (QED) is 0.861. The topological polar surface area (TPSA) is 33.7 Å². The third-order valence-corrected chi connectivity index (χ3v) is 4.64. The summed E-state index contributed by atoms with van der Waals surface area (Å²) in [5.74, 6) is 1.32. The largest absolute Gasteiger partial charge is 0.493 e. The van der Waals surface area contributed by atoms with E-state index in [0.717, 1.165) is 49.7 Å². The molecule has 4 nitrogen and oxygen atoms in total. The first kappa shape index (κ1) is 17.5. The van der Waals surface area contributed by atoms with Gasteiger partial charge in [-0.25, -0.2) is 4.39 Å². The Morgan fingerprint density at radius 2 is 1.80 bits per heavy atom. The first-order valence-corrected chi connectivity index (χ1v) is 8.63. The number of rotatable bonds is 6. The van der Waals surface area contributed by atoms with Gasteiger partial charge in [0.15, 0.2) is 11.5 Å². The number of hydrogen-bond acceptors (Lipinski definition) is 4. The lowest BCUT2D eigenvalue weighted by atomic mass is 10.0. The van der Waals surface area contributed by atoms with Crippen LogP contribution in [0.15, 0.2) is 42.5 Å². The van der Waals surface area contributed by atoms with E-state index in [1.54, 1.807) is 26.4 Å². The van der Waals surface area contributed by atoms with Crippen molar-refractivity contribution in [2.24, 2.45) is 0 Å². The minimum Gasteiger partial charge on any atom is -0.493 e. The maximum Gasteiger partial charge on any atom is 0.161 e. The van der Waals surface area contributed by atoms with E-state index >= 15 is 0 Å². The fourth-order valence-corrected chi connectivity index (χ4v) is 3.29. The van der Waals surface area contributed by atoms with E-state index in [-0.39, 0.29) is 5.82 Å². The molecule has 1 saturated heterocycles. The molecule has 0 saturated carbocycles. The summed E-state index contributed by atoms with van der Waals surface area (Å²) in [6.07, 6.45) is 2.09. The van der Waals surface area contributed by atoms with Crippen LogP contribution in [0.2, 0.25) is 0 Å². The first-order chi connectivity index (χ1) is 12.2. The maximum absolute atomic E-state index is 13.3. The fourth-order valence-electron chi connectivity index (χ4n) is 3.29. The van der Waals surface area contributed by atoms with E-state index < -0.39 is 0 Å². The summed E-state index contributed by atoms with van der Waals surface area (Å²) >= 11 is 0. The Labute approximate surface area is 148 Å². The van der Waals surface area contributed by atoms with Crippen LogP contribution in [-0.2, 0) is 6.54 Å². The second-order valence-electron chi connectivity index (χ2n) is 6.39. The Balaban J connectivity index is 1.52. The molecule has 0 spiro atoms. The van der Waals surface area contributed by atoms with Gasteiger partial charge in [0.2, 0.25) is 0 Å². The summed E-state index contributed by atoms with van der Waals surface area (Å²) in [7, 11) is 3.30. The van der Waals surface area contributed by atoms with Gasteiger partial charge in [-0.05, 0) is 48.7 Å². The van der Waals surface area contributed by atoms with Crippen LogP contribution in [0.3, 0.4) is 0 Å². The number of anilines is 1. The second-order valence-corrected chi connectivity index (χ2v) is 6.39. The number of hydrogen-bond donors (Lipinski definition) is 1. The number of methoxy groups -OCH3 is 2. The molecule has 1 fully saturated rings. The van der Waals surface area contributed by atoms with Gasteiger partial charge in [0.05, 0.1) is 14.2 Å². The molecule has 1 heterocycles. The van der Waals surface area contributed by atoms with E-state index in [2.05, 4.69) is 16.3 Å². The summed E-state index contributed by atoms with van der Waals surface area (Å²) in [6.45, 7) is 2.93. The van der Waals surface area contributed by atoms with E-state index in [9.17, 15) is 4.39 Å². The van der Waals surface area contributed by atoms with Gasteiger partial charge < -0.3 is 14.8 Å². The van der Waals surface area contributed by atoms with Crippen molar-refractivity contribution >= 4 is 5.69 Å². The van der Waals surface area contributed by atoms with Gasteiger partial charge in [0, 0.05) is 31.4 Å². The van der Waals surface area contributed by atoms with Crippen molar-refractivity contribution in [2.75, 3.05) is 32.6 Å². The highest BCUT2D eigenvalue weighted by molar-refractivity contribution is 5.44. The van der Waals surface area contributed by atoms with Crippen LogP contribution in [0, 0.1) is 5.82 Å². The molecule has 0 aromatic heterocycles. The van der Waals surface area contributed by atoms with Gasteiger partial charge in [0.1, 0.15) is 5.82 Å². The van der Waals surface area contributed by atoms with Gasteiger partial charge in [-0.2, -0.15) is 0 Å². The standard InChI is InChI=1S/C20H25FN2O2/c1-24-19-7-6-15(12-20(19)25-2)14-23-10-8-17(9-11-23)22-18-5-3-4-16(21)13-18/h3-7,12-13,17,22H,8-11,14H2,1-2H3. The third kappa shape index (κ3) is 4.63. The molecule has 0 aliphatic carbocycles. The molecule has 1 aliphatic heterocycles. The highest BCUT2D eigenvalue weighted by atomic mass is 19.1. The zero-order valence-electron chi connectivity index (χ0n) is 14.8. The van der Waals surface area contributed by atoms with E-state index in [4.69, 9.17) is 9.47 Å². The lowest BCUT2D eigenvalue weighted by Crippen LogP contribution is -2.38. The lowest BCUT2D eigenvalue weighted by molar-refractivity contribution is 0.211. The molecule has 2 aromatic carbocycles. The van der Waals surface area contributed by atoms with Crippen LogP contribution in [0.5, 0.6) is 11.5 Å². The van der Waals surface area contributed by atoms with Crippen molar-refractivity contribution in [3.05, 3.63) is 53.8 Å². The number of piperidine rings is 1. The normalized spacial score (nSPS) is 15.8. The zero-order chi connectivity index (χ0) is 17.6. The highest BCUT2D eigenvalue weighted by Crippen LogP contribution is 2.28. The Hall–Kier alpha value is -2.27. The summed E-state index contributed by atoms with van der Waals surface area (Å²) in [5.41, 5.74) is 2.08. The molecule has 0 amide bonds. The number of ether oxygens (including phenoxy) is 2. The molecule has 134 valence electrons. The predicted octanol–water partition coefficient (Wildman–Crippen LogP) is 3.92. The molecule has 0 radical (unpaired) electrons. The predicted molar refractivity (Wildman–Crippen MR) is 97.9 cm³/mol. The Morgan fingerprint density at radius 1 is 1.04 bits per heavy atom. The Morgan fingerprint density at radius 3 is 2.48 bits per heavy atom. The summed E-state index contributed by atoms with van der Waals surface area (Å²) < 4.78 is 23.9. The number of halogens is 1.